The monoisotopic (exact) mass is 369 g/mol. The number of ketones is 1. The molecule has 0 fully saturated rings. The first kappa shape index (κ1) is 14.7. The van der Waals surface area contributed by atoms with E-state index in [4.69, 9.17) is 0 Å². The van der Waals surface area contributed by atoms with Gasteiger partial charge in [-0.15, -0.1) is 0 Å². The van der Waals surface area contributed by atoms with Crippen LogP contribution in [0.2, 0.25) is 0 Å². The van der Waals surface area contributed by atoms with E-state index in [0.29, 0.717) is 10.3 Å². The molecule has 4 nitrogen and oxygen atoms in total. The molecular formula is C14H7BrF3N3O. The van der Waals surface area contributed by atoms with Gasteiger partial charge in [-0.05, 0) is 28.1 Å². The predicted octanol–water partition coefficient (Wildman–Crippen LogP) is 3.74. The predicted molar refractivity (Wildman–Crippen MR) is 75.6 cm³/mol. The van der Waals surface area contributed by atoms with Crippen molar-refractivity contribution in [3.05, 3.63) is 64.3 Å². The van der Waals surface area contributed by atoms with Gasteiger partial charge in [0.2, 0.25) is 5.78 Å². The number of fused-ring (bicyclic) bond motifs is 1. The highest BCUT2D eigenvalue weighted by Gasteiger charge is 2.35. The third kappa shape index (κ3) is 2.39. The molecule has 112 valence electrons. The summed E-state index contributed by atoms with van der Waals surface area (Å²) >= 11 is 3.15. The molecule has 0 aliphatic carbocycles. The van der Waals surface area contributed by atoms with Gasteiger partial charge in [0.05, 0.1) is 5.56 Å². The average Bonchev–Trinajstić information content (AvgIpc) is 2.83. The Morgan fingerprint density at radius 1 is 1.18 bits per heavy atom. The molecule has 3 aromatic rings. The van der Waals surface area contributed by atoms with Crippen LogP contribution in [0, 0.1) is 0 Å². The van der Waals surface area contributed by atoms with Crippen molar-refractivity contribution >= 4 is 27.4 Å². The number of aromatic nitrogens is 3. The Balaban J connectivity index is 2.20. The molecule has 2 aromatic heterocycles. The number of carbonyl (C=O) groups is 1. The highest BCUT2D eigenvalue weighted by molar-refractivity contribution is 9.10. The van der Waals surface area contributed by atoms with Crippen molar-refractivity contribution in [2.75, 3.05) is 0 Å². The molecule has 2 heterocycles. The van der Waals surface area contributed by atoms with Gasteiger partial charge in [-0.25, -0.2) is 9.97 Å². The molecular weight excluding hydrogens is 363 g/mol. The number of hydrogen-bond donors (Lipinski definition) is 0. The lowest BCUT2D eigenvalue weighted by atomic mass is 10.0. The molecule has 3 rings (SSSR count). The molecule has 0 amide bonds. The van der Waals surface area contributed by atoms with Crippen LogP contribution >= 0.6 is 15.9 Å². The molecule has 8 heteroatoms. The topological polar surface area (TPSA) is 47.3 Å². The van der Waals surface area contributed by atoms with Crippen molar-refractivity contribution in [1.82, 2.24) is 14.4 Å². The number of hydrogen-bond acceptors (Lipinski definition) is 3. The quantitative estimate of drug-likeness (QED) is 0.646. The molecule has 0 saturated heterocycles. The van der Waals surface area contributed by atoms with Crippen molar-refractivity contribution < 1.29 is 18.0 Å². The summed E-state index contributed by atoms with van der Waals surface area (Å²) in [6.07, 6.45) is -1.60. The number of imidazole rings is 1. The highest BCUT2D eigenvalue weighted by atomic mass is 79.9. The third-order valence-electron chi connectivity index (χ3n) is 3.04. The highest BCUT2D eigenvalue weighted by Crippen LogP contribution is 2.33. The first-order valence-electron chi connectivity index (χ1n) is 6.09. The number of carbonyl (C=O) groups excluding carboxylic acids is 1. The Bertz CT molecular complexity index is 873. The molecule has 0 atom stereocenters. The molecule has 0 aliphatic heterocycles. The molecule has 0 N–H and O–H groups in total. The fourth-order valence-corrected chi connectivity index (χ4v) is 2.56. The molecule has 1 aromatic carbocycles. The number of halogens is 4. The van der Waals surface area contributed by atoms with E-state index in [9.17, 15) is 18.0 Å². The van der Waals surface area contributed by atoms with E-state index in [1.165, 1.54) is 28.9 Å². The second-order valence-electron chi connectivity index (χ2n) is 4.41. The van der Waals surface area contributed by atoms with E-state index in [2.05, 4.69) is 25.9 Å². The Morgan fingerprint density at radius 3 is 2.64 bits per heavy atom. The van der Waals surface area contributed by atoms with Crippen molar-refractivity contribution in [1.29, 1.82) is 0 Å². The van der Waals surface area contributed by atoms with Crippen LogP contribution in [0.4, 0.5) is 13.2 Å². The fraction of sp³-hybridized carbons (Fsp3) is 0.0714. The first-order valence-corrected chi connectivity index (χ1v) is 6.88. The molecule has 0 radical (unpaired) electrons. The summed E-state index contributed by atoms with van der Waals surface area (Å²) in [6, 6.07) is 6.19. The van der Waals surface area contributed by atoms with Crippen LogP contribution in [0.3, 0.4) is 0 Å². The lowest BCUT2D eigenvalue weighted by Gasteiger charge is -2.11. The van der Waals surface area contributed by atoms with Crippen LogP contribution in [0.1, 0.15) is 21.7 Å². The minimum Gasteiger partial charge on any atom is -0.285 e. The zero-order valence-corrected chi connectivity index (χ0v) is 12.4. The zero-order valence-electron chi connectivity index (χ0n) is 10.8. The number of rotatable bonds is 2. The van der Waals surface area contributed by atoms with Gasteiger partial charge in [-0.1, -0.05) is 18.2 Å². The summed E-state index contributed by atoms with van der Waals surface area (Å²) in [5.74, 6) is -0.951. The Hall–Kier alpha value is -2.22. The lowest BCUT2D eigenvalue weighted by Crippen LogP contribution is -2.15. The van der Waals surface area contributed by atoms with Crippen LogP contribution in [-0.2, 0) is 6.18 Å². The van der Waals surface area contributed by atoms with E-state index in [0.717, 1.165) is 12.1 Å². The van der Waals surface area contributed by atoms with Crippen molar-refractivity contribution in [3.8, 4) is 0 Å². The van der Waals surface area contributed by atoms with Crippen LogP contribution in [0.15, 0.2) is 47.3 Å². The largest absolute Gasteiger partial charge is 0.417 e. The molecule has 0 bridgehead atoms. The summed E-state index contributed by atoms with van der Waals surface area (Å²) in [5, 5.41) is 0. The minimum absolute atomic E-state index is 0.133. The van der Waals surface area contributed by atoms with Crippen LogP contribution in [-0.4, -0.2) is 20.2 Å². The van der Waals surface area contributed by atoms with E-state index in [1.807, 2.05) is 0 Å². The van der Waals surface area contributed by atoms with Gasteiger partial charge in [0, 0.05) is 18.0 Å². The first-order chi connectivity index (χ1) is 10.4. The number of nitrogens with zero attached hydrogens (tertiary/aromatic N) is 3. The second-order valence-corrected chi connectivity index (χ2v) is 5.16. The van der Waals surface area contributed by atoms with Gasteiger partial charge < -0.3 is 0 Å². The number of alkyl halides is 3. The molecule has 22 heavy (non-hydrogen) atoms. The van der Waals surface area contributed by atoms with Gasteiger partial charge in [0.1, 0.15) is 0 Å². The Kier molecular flexibility index (Phi) is 3.48. The molecule has 0 unspecified atom stereocenters. The molecule has 0 saturated carbocycles. The SMILES string of the molecule is O=C(c1ccccc1C(F)(F)F)c1nc(Br)c2ncccn12. The Morgan fingerprint density at radius 2 is 1.91 bits per heavy atom. The fourth-order valence-electron chi connectivity index (χ4n) is 2.10. The van der Waals surface area contributed by atoms with Crippen molar-refractivity contribution in [2.45, 2.75) is 6.18 Å². The zero-order chi connectivity index (χ0) is 15.9. The molecule has 0 spiro atoms. The normalized spacial score (nSPS) is 11.8. The Labute approximate surface area is 130 Å². The van der Waals surface area contributed by atoms with Gasteiger partial charge in [-0.2, -0.15) is 13.2 Å². The van der Waals surface area contributed by atoms with Crippen LogP contribution in [0.5, 0.6) is 0 Å². The summed E-state index contributed by atoms with van der Waals surface area (Å²) in [6.45, 7) is 0. The van der Waals surface area contributed by atoms with E-state index >= 15 is 0 Å². The smallest absolute Gasteiger partial charge is 0.285 e. The van der Waals surface area contributed by atoms with Gasteiger partial charge in [0.15, 0.2) is 16.1 Å². The standard InChI is InChI=1S/C14H7BrF3N3O/c15-11-13-19-6-3-7-21(13)12(20-11)10(22)8-4-1-2-5-9(8)14(16,17)18/h1-7H. The van der Waals surface area contributed by atoms with Crippen LogP contribution in [0.25, 0.3) is 5.65 Å². The number of benzene rings is 1. The molecule has 0 aliphatic rings. The van der Waals surface area contributed by atoms with Gasteiger partial charge in [-0.3, -0.25) is 9.20 Å². The maximum Gasteiger partial charge on any atom is 0.417 e. The average molecular weight is 370 g/mol. The summed E-state index contributed by atoms with van der Waals surface area (Å²) in [4.78, 5) is 20.5. The van der Waals surface area contributed by atoms with Crippen molar-refractivity contribution in [3.63, 3.8) is 0 Å². The third-order valence-corrected chi connectivity index (χ3v) is 3.58. The second kappa shape index (κ2) is 5.20. The van der Waals surface area contributed by atoms with Crippen LogP contribution < -0.4 is 0 Å². The van der Waals surface area contributed by atoms with E-state index < -0.39 is 23.1 Å². The van der Waals surface area contributed by atoms with Crippen molar-refractivity contribution in [2.24, 2.45) is 0 Å². The maximum atomic E-state index is 13.0. The van der Waals surface area contributed by atoms with Gasteiger partial charge >= 0.3 is 6.18 Å². The summed E-state index contributed by atoms with van der Waals surface area (Å²) < 4.78 is 40.8. The summed E-state index contributed by atoms with van der Waals surface area (Å²) in [7, 11) is 0. The van der Waals surface area contributed by atoms with E-state index in [-0.39, 0.29) is 5.82 Å². The lowest BCUT2D eigenvalue weighted by molar-refractivity contribution is -0.137. The van der Waals surface area contributed by atoms with Gasteiger partial charge in [0.25, 0.3) is 0 Å². The minimum atomic E-state index is -4.62. The van der Waals surface area contributed by atoms with E-state index in [1.54, 1.807) is 6.07 Å². The summed E-state index contributed by atoms with van der Waals surface area (Å²) in [5.41, 5.74) is -1.08. The maximum absolute atomic E-state index is 13.0.